The molecule has 2 heteroatoms. The molecule has 1 aromatic carbocycles. The number of carbonyl (C=O) groups is 1. The molecule has 1 unspecified atom stereocenters. The highest BCUT2D eigenvalue weighted by atomic mass is 16.1. The number of ketones is 1. The van der Waals surface area contributed by atoms with Crippen molar-refractivity contribution in [1.29, 1.82) is 0 Å². The van der Waals surface area contributed by atoms with E-state index in [1.54, 1.807) is 0 Å². The van der Waals surface area contributed by atoms with Crippen molar-refractivity contribution >= 4 is 5.78 Å². The van der Waals surface area contributed by atoms with Gasteiger partial charge in [-0.25, -0.2) is 0 Å². The average molecular weight is 204 g/mol. The molecule has 0 radical (unpaired) electrons. The van der Waals surface area contributed by atoms with E-state index in [4.69, 9.17) is 0 Å². The van der Waals surface area contributed by atoms with Crippen molar-refractivity contribution in [1.82, 2.24) is 0 Å². The third kappa shape index (κ3) is 2.10. The highest BCUT2D eigenvalue weighted by Crippen LogP contribution is 2.27. The summed E-state index contributed by atoms with van der Waals surface area (Å²) in [6.45, 7) is 0.924. The van der Waals surface area contributed by atoms with E-state index in [0.29, 0.717) is 5.78 Å². The molecule has 0 saturated carbocycles. The summed E-state index contributed by atoms with van der Waals surface area (Å²) >= 11 is 0. The molecule has 1 aliphatic rings. The van der Waals surface area contributed by atoms with Crippen LogP contribution in [0.3, 0.4) is 0 Å². The second-order valence-corrected chi connectivity index (χ2v) is 5.40. The monoisotopic (exact) mass is 204 g/mol. The van der Waals surface area contributed by atoms with Gasteiger partial charge in [-0.15, -0.1) is 0 Å². The first-order valence-corrected chi connectivity index (χ1v) is 5.40. The van der Waals surface area contributed by atoms with E-state index < -0.39 is 0 Å². The van der Waals surface area contributed by atoms with Crippen LogP contribution in [-0.4, -0.2) is 38.0 Å². The smallest absolute Gasteiger partial charge is 0.172 e. The molecule has 0 fully saturated rings. The van der Waals surface area contributed by atoms with Gasteiger partial charge in [0.15, 0.2) is 5.78 Å². The van der Waals surface area contributed by atoms with Crippen LogP contribution in [0.15, 0.2) is 24.3 Å². The molecule has 1 atom stereocenters. The summed E-state index contributed by atoms with van der Waals surface area (Å²) in [7, 11) is 6.41. The van der Waals surface area contributed by atoms with Gasteiger partial charge in [-0.3, -0.25) is 4.79 Å². The van der Waals surface area contributed by atoms with Crippen LogP contribution in [0.5, 0.6) is 0 Å². The van der Waals surface area contributed by atoms with Gasteiger partial charge in [-0.05, 0) is 12.0 Å². The number of fused-ring (bicyclic) bond motifs is 1. The fourth-order valence-electron chi connectivity index (χ4n) is 2.33. The number of nitrogens with zero attached hydrogens (tertiary/aromatic N) is 1. The van der Waals surface area contributed by atoms with Crippen LogP contribution in [-0.2, 0) is 6.42 Å². The third-order valence-electron chi connectivity index (χ3n) is 2.89. The van der Waals surface area contributed by atoms with E-state index in [-0.39, 0.29) is 5.92 Å². The van der Waals surface area contributed by atoms with Gasteiger partial charge in [-0.2, -0.15) is 0 Å². The maximum Gasteiger partial charge on any atom is 0.172 e. The van der Waals surface area contributed by atoms with Crippen molar-refractivity contribution < 1.29 is 9.28 Å². The van der Waals surface area contributed by atoms with Crippen molar-refractivity contribution in [2.24, 2.45) is 5.92 Å². The molecule has 0 bridgehead atoms. The van der Waals surface area contributed by atoms with Crippen LogP contribution in [0, 0.1) is 5.92 Å². The maximum atomic E-state index is 12.1. The SMILES string of the molecule is C[N+](C)(C)CC1Cc2ccccc2C1=O. The van der Waals surface area contributed by atoms with Crippen LogP contribution in [0.4, 0.5) is 0 Å². The van der Waals surface area contributed by atoms with Crippen LogP contribution >= 0.6 is 0 Å². The normalized spacial score (nSPS) is 20.5. The van der Waals surface area contributed by atoms with Crippen molar-refractivity contribution in [3.8, 4) is 0 Å². The number of quaternary nitrogens is 1. The average Bonchev–Trinajstić information content (AvgIpc) is 2.42. The lowest BCUT2D eigenvalue weighted by Gasteiger charge is -2.26. The van der Waals surface area contributed by atoms with E-state index >= 15 is 0 Å². The van der Waals surface area contributed by atoms with Gasteiger partial charge in [0, 0.05) is 5.56 Å². The number of rotatable bonds is 2. The highest BCUT2D eigenvalue weighted by molar-refractivity contribution is 6.02. The minimum absolute atomic E-state index is 0.183. The van der Waals surface area contributed by atoms with Gasteiger partial charge in [0.2, 0.25) is 0 Å². The van der Waals surface area contributed by atoms with Crippen LogP contribution < -0.4 is 0 Å². The van der Waals surface area contributed by atoms with E-state index in [1.807, 2.05) is 18.2 Å². The van der Waals surface area contributed by atoms with E-state index in [1.165, 1.54) is 5.56 Å². The number of hydrogen-bond donors (Lipinski definition) is 0. The van der Waals surface area contributed by atoms with Gasteiger partial charge in [0.25, 0.3) is 0 Å². The molecule has 0 amide bonds. The Morgan fingerprint density at radius 3 is 2.53 bits per heavy atom. The Bertz CT molecular complexity index is 390. The number of Topliss-reactive ketones (excluding diaryl/α,β-unsaturated/α-hetero) is 1. The quantitative estimate of drug-likeness (QED) is 0.671. The van der Waals surface area contributed by atoms with Crippen molar-refractivity contribution in [2.75, 3.05) is 27.7 Å². The Hall–Kier alpha value is -1.15. The lowest BCUT2D eigenvalue weighted by Crippen LogP contribution is -2.40. The first-order valence-electron chi connectivity index (χ1n) is 5.40. The Morgan fingerprint density at radius 1 is 1.27 bits per heavy atom. The maximum absolute atomic E-state index is 12.1. The predicted molar refractivity (Wildman–Crippen MR) is 60.9 cm³/mol. The highest BCUT2D eigenvalue weighted by Gasteiger charge is 2.33. The summed E-state index contributed by atoms with van der Waals surface area (Å²) in [5.74, 6) is 0.515. The molecule has 0 heterocycles. The zero-order valence-electron chi connectivity index (χ0n) is 9.66. The molecule has 1 aromatic rings. The van der Waals surface area contributed by atoms with Crippen LogP contribution in [0.1, 0.15) is 15.9 Å². The Morgan fingerprint density at radius 2 is 1.93 bits per heavy atom. The predicted octanol–water partition coefficient (Wildman–Crippen LogP) is 1.75. The largest absolute Gasteiger partial charge is 0.330 e. The first-order chi connectivity index (χ1) is 6.97. The molecule has 0 aromatic heterocycles. The summed E-state index contributed by atoms with van der Waals surface area (Å²) in [5, 5.41) is 0. The van der Waals surface area contributed by atoms with Gasteiger partial charge in [0.05, 0.1) is 33.6 Å². The number of benzene rings is 1. The molecule has 80 valence electrons. The molecule has 0 saturated heterocycles. The molecule has 0 spiro atoms. The molecule has 2 nitrogen and oxygen atoms in total. The summed E-state index contributed by atoms with van der Waals surface area (Å²) in [6, 6.07) is 7.99. The lowest BCUT2D eigenvalue weighted by atomic mass is 10.0. The van der Waals surface area contributed by atoms with Crippen LogP contribution in [0.25, 0.3) is 0 Å². The lowest BCUT2D eigenvalue weighted by molar-refractivity contribution is -0.872. The molecular formula is C13H18NO+. The fourth-order valence-corrected chi connectivity index (χ4v) is 2.33. The molecule has 15 heavy (non-hydrogen) atoms. The molecule has 0 aliphatic heterocycles. The molecule has 2 rings (SSSR count). The van der Waals surface area contributed by atoms with Gasteiger partial charge < -0.3 is 4.48 Å². The van der Waals surface area contributed by atoms with Crippen molar-refractivity contribution in [2.45, 2.75) is 6.42 Å². The first kappa shape index (κ1) is 10.4. The summed E-state index contributed by atoms with van der Waals surface area (Å²) in [6.07, 6.45) is 0.921. The second kappa shape index (κ2) is 3.46. The van der Waals surface area contributed by atoms with E-state index in [9.17, 15) is 4.79 Å². The van der Waals surface area contributed by atoms with Gasteiger partial charge in [-0.1, -0.05) is 24.3 Å². The third-order valence-corrected chi connectivity index (χ3v) is 2.89. The molecule has 1 aliphatic carbocycles. The summed E-state index contributed by atoms with van der Waals surface area (Å²) in [4.78, 5) is 12.1. The van der Waals surface area contributed by atoms with Crippen molar-refractivity contribution in [3.05, 3.63) is 35.4 Å². The van der Waals surface area contributed by atoms with Crippen molar-refractivity contribution in [3.63, 3.8) is 0 Å². The Labute approximate surface area is 91.1 Å². The minimum Gasteiger partial charge on any atom is -0.330 e. The molecule has 0 N–H and O–H groups in total. The Balaban J connectivity index is 2.21. The van der Waals surface area contributed by atoms with Gasteiger partial charge in [0.1, 0.15) is 0 Å². The number of hydrogen-bond acceptors (Lipinski definition) is 1. The van der Waals surface area contributed by atoms with E-state index in [2.05, 4.69) is 27.2 Å². The number of carbonyl (C=O) groups excluding carboxylic acids is 1. The summed E-state index contributed by atoms with van der Waals surface area (Å²) < 4.78 is 0.852. The zero-order chi connectivity index (χ0) is 11.1. The molecular weight excluding hydrogens is 186 g/mol. The standard InChI is InChI=1S/C13H18NO/c1-14(2,3)9-11-8-10-6-4-5-7-12(10)13(11)15/h4-7,11H,8-9H2,1-3H3/q+1. The zero-order valence-corrected chi connectivity index (χ0v) is 9.66. The summed E-state index contributed by atoms with van der Waals surface area (Å²) in [5.41, 5.74) is 2.16. The second-order valence-electron chi connectivity index (χ2n) is 5.40. The fraction of sp³-hybridized carbons (Fsp3) is 0.462. The van der Waals surface area contributed by atoms with E-state index in [0.717, 1.165) is 23.0 Å². The topological polar surface area (TPSA) is 17.1 Å². The van der Waals surface area contributed by atoms with Crippen LogP contribution in [0.2, 0.25) is 0 Å². The Kier molecular flexibility index (Phi) is 2.39. The minimum atomic E-state index is 0.183. The van der Waals surface area contributed by atoms with Gasteiger partial charge >= 0.3 is 0 Å².